The second-order valence-electron chi connectivity index (χ2n) is 6.53. The quantitative estimate of drug-likeness (QED) is 0.209. The van der Waals surface area contributed by atoms with E-state index >= 15 is 0 Å². The van der Waals surface area contributed by atoms with Crippen LogP contribution >= 0.6 is 11.8 Å². The summed E-state index contributed by atoms with van der Waals surface area (Å²) in [7, 11) is 0. The third-order valence-corrected chi connectivity index (χ3v) is 5.10. The van der Waals surface area contributed by atoms with E-state index in [4.69, 9.17) is 0 Å². The zero-order valence-corrected chi connectivity index (χ0v) is 18.1. The molecule has 0 saturated carbocycles. The number of unbranched alkanes of at least 4 members (excludes halogenated alkanes) is 8. The van der Waals surface area contributed by atoms with Crippen molar-refractivity contribution in [1.82, 2.24) is 0 Å². The molecule has 2 rings (SSSR count). The zero-order chi connectivity index (χ0) is 18.0. The van der Waals surface area contributed by atoms with Gasteiger partial charge < -0.3 is 0 Å². The van der Waals surface area contributed by atoms with Crippen molar-refractivity contribution < 1.29 is 21.9 Å². The van der Waals surface area contributed by atoms with Crippen molar-refractivity contribution >= 4 is 16.9 Å². The third-order valence-electron chi connectivity index (χ3n) is 4.20. The Hall–Kier alpha value is -0.761. The number of rotatable bonds is 12. The predicted molar refractivity (Wildman–Crippen MR) is 112 cm³/mol. The fourth-order valence-corrected chi connectivity index (χ4v) is 3.42. The van der Waals surface area contributed by atoms with E-state index in [1.807, 2.05) is 30.3 Å². The molecule has 2 aromatic carbocycles. The monoisotopic (exact) mass is 414 g/mol. The van der Waals surface area contributed by atoms with E-state index in [0.717, 1.165) is 5.75 Å². The van der Waals surface area contributed by atoms with Crippen LogP contribution in [0.4, 0.5) is 0 Å². The molecule has 1 nitrogen and oxygen atoms in total. The van der Waals surface area contributed by atoms with Crippen molar-refractivity contribution in [3.05, 3.63) is 60.2 Å². The Morgan fingerprint density at radius 2 is 1.31 bits per heavy atom. The van der Waals surface area contributed by atoms with Crippen molar-refractivity contribution in [3.8, 4) is 0 Å². The molecule has 0 atom stereocenters. The molecule has 148 valence electrons. The largest absolute Gasteiger partial charge is 0.288 e. The van der Waals surface area contributed by atoms with Crippen LogP contribution in [0.25, 0.3) is 0 Å². The summed E-state index contributed by atoms with van der Waals surface area (Å²) in [5, 5.41) is 0.256. The summed E-state index contributed by atoms with van der Waals surface area (Å²) in [5.41, 5.74) is 1.49. The van der Waals surface area contributed by atoms with Crippen molar-refractivity contribution in [2.75, 3.05) is 5.75 Å². The first kappa shape index (κ1) is 25.2. The van der Waals surface area contributed by atoms with E-state index in [1.165, 1.54) is 81.5 Å². The molecule has 0 bridgehead atoms. The maximum absolute atomic E-state index is 10.7. The van der Waals surface area contributed by atoms with Gasteiger partial charge in [-0.25, -0.2) is 24.3 Å². The summed E-state index contributed by atoms with van der Waals surface area (Å²) in [6.07, 6.45) is 13.3. The Morgan fingerprint density at radius 1 is 0.808 bits per heavy atom. The molecular weight excluding hydrogens is 380 g/mol. The molecule has 0 aliphatic rings. The average Bonchev–Trinajstić information content (AvgIpc) is 3.32. The van der Waals surface area contributed by atoms with E-state index in [0.29, 0.717) is 0 Å². The molecule has 0 N–H and O–H groups in total. The van der Waals surface area contributed by atoms with Gasteiger partial charge in [-0.15, -0.1) is 0 Å². The van der Waals surface area contributed by atoms with E-state index in [1.54, 1.807) is 6.92 Å². The second-order valence-corrected chi connectivity index (χ2v) is 7.80. The maximum atomic E-state index is 10.7. The van der Waals surface area contributed by atoms with Crippen molar-refractivity contribution in [3.63, 3.8) is 0 Å². The first-order valence-corrected chi connectivity index (χ1v) is 10.8. The first-order valence-electron chi connectivity index (χ1n) is 9.79. The summed E-state index contributed by atoms with van der Waals surface area (Å²) in [6, 6.07) is 18.7. The molecule has 3 heteroatoms. The number of carbonyl (C=O) groups is 1. The van der Waals surface area contributed by atoms with Gasteiger partial charge in [-0.3, -0.25) is 4.79 Å². The van der Waals surface area contributed by atoms with Crippen molar-refractivity contribution in [1.29, 1.82) is 0 Å². The standard InChI is InChI=1S/C18H29OS.C5H5.Fe/c1-17(19)20-16-12-8-6-4-2-3-5-7-9-13-18-14-10-11-15-18;1-2-4-5-3-1;/h10-11,14-15H,2-9,12-13,16H2,1H3;1-5H;/q2*-1;. The van der Waals surface area contributed by atoms with Gasteiger partial charge in [0, 0.05) is 29.7 Å². The van der Waals surface area contributed by atoms with Crippen LogP contribution < -0.4 is 0 Å². The Bertz CT molecular complexity index is 473. The van der Waals surface area contributed by atoms with Crippen LogP contribution in [0.2, 0.25) is 0 Å². The van der Waals surface area contributed by atoms with Crippen LogP contribution in [0.15, 0.2) is 54.6 Å². The molecule has 26 heavy (non-hydrogen) atoms. The summed E-state index contributed by atoms with van der Waals surface area (Å²) in [5.74, 6) is 1.01. The predicted octanol–water partition coefficient (Wildman–Crippen LogP) is 7.14. The van der Waals surface area contributed by atoms with Crippen molar-refractivity contribution in [2.45, 2.75) is 71.1 Å². The minimum Gasteiger partial charge on any atom is -0.288 e. The van der Waals surface area contributed by atoms with E-state index in [-0.39, 0.29) is 22.2 Å². The molecule has 0 saturated heterocycles. The summed E-state index contributed by atoms with van der Waals surface area (Å²) < 4.78 is 0. The summed E-state index contributed by atoms with van der Waals surface area (Å²) in [4.78, 5) is 10.7. The topological polar surface area (TPSA) is 17.1 Å². The molecule has 0 radical (unpaired) electrons. The molecule has 0 aliphatic carbocycles. The van der Waals surface area contributed by atoms with Gasteiger partial charge in [-0.1, -0.05) is 69.5 Å². The Balaban J connectivity index is 0.000000893. The van der Waals surface area contributed by atoms with Gasteiger partial charge in [0.2, 0.25) is 0 Å². The maximum Gasteiger partial charge on any atom is 0.185 e. The van der Waals surface area contributed by atoms with Crippen LogP contribution in [-0.4, -0.2) is 10.9 Å². The fourth-order valence-electron chi connectivity index (χ4n) is 2.79. The minimum atomic E-state index is 0. The molecule has 0 amide bonds. The van der Waals surface area contributed by atoms with Crippen LogP contribution in [0.3, 0.4) is 0 Å². The van der Waals surface area contributed by atoms with E-state index < -0.39 is 0 Å². The fraction of sp³-hybridized carbons (Fsp3) is 0.522. The SMILES string of the molecule is CC(=O)SCCCCCCCCCCC[c-]1cccc1.[Fe].c1cc[cH-]c1. The molecule has 0 spiro atoms. The van der Waals surface area contributed by atoms with Gasteiger partial charge in [-0.2, -0.15) is 35.9 Å². The van der Waals surface area contributed by atoms with Gasteiger partial charge in [0.15, 0.2) is 5.12 Å². The smallest absolute Gasteiger partial charge is 0.185 e. The normalized spacial score (nSPS) is 9.88. The van der Waals surface area contributed by atoms with Gasteiger partial charge in [0.05, 0.1) is 0 Å². The molecule has 0 unspecified atom stereocenters. The van der Waals surface area contributed by atoms with Gasteiger partial charge in [0.1, 0.15) is 0 Å². The molecule has 0 fully saturated rings. The van der Waals surface area contributed by atoms with Crippen LogP contribution in [-0.2, 0) is 28.3 Å². The average molecular weight is 414 g/mol. The van der Waals surface area contributed by atoms with E-state index in [9.17, 15) is 4.79 Å². The van der Waals surface area contributed by atoms with Gasteiger partial charge in [0.25, 0.3) is 0 Å². The van der Waals surface area contributed by atoms with Gasteiger partial charge in [-0.05, 0) is 6.42 Å². The molecule has 0 aromatic heterocycles. The molecule has 2 aromatic rings. The molecular formula is C23H34FeOS-2. The number of hydrogen-bond donors (Lipinski definition) is 0. The van der Waals surface area contributed by atoms with E-state index in [2.05, 4.69) is 24.3 Å². The third kappa shape index (κ3) is 16.7. The van der Waals surface area contributed by atoms with Crippen LogP contribution in [0, 0.1) is 0 Å². The zero-order valence-electron chi connectivity index (χ0n) is 16.1. The number of aryl methyl sites for hydroxylation is 1. The number of carbonyl (C=O) groups excluding carboxylic acids is 1. The Morgan fingerprint density at radius 3 is 1.77 bits per heavy atom. The van der Waals surface area contributed by atoms with Crippen LogP contribution in [0.1, 0.15) is 70.3 Å². The van der Waals surface area contributed by atoms with Gasteiger partial charge >= 0.3 is 0 Å². The Labute approximate surface area is 175 Å². The van der Waals surface area contributed by atoms with Crippen molar-refractivity contribution in [2.24, 2.45) is 0 Å². The number of hydrogen-bond acceptors (Lipinski definition) is 2. The minimum absolute atomic E-state index is 0. The number of thioether (sulfide) groups is 1. The Kier molecular flexibility index (Phi) is 18.5. The molecule has 0 heterocycles. The summed E-state index contributed by atoms with van der Waals surface area (Å²) in [6.45, 7) is 1.66. The summed E-state index contributed by atoms with van der Waals surface area (Å²) >= 11 is 1.47. The van der Waals surface area contributed by atoms with Crippen LogP contribution in [0.5, 0.6) is 0 Å². The first-order chi connectivity index (χ1) is 12.3. The molecule has 0 aliphatic heterocycles. The second kappa shape index (κ2) is 19.0.